The number of halogens is 1. The van der Waals surface area contributed by atoms with E-state index in [1.54, 1.807) is 6.92 Å². The van der Waals surface area contributed by atoms with Crippen molar-refractivity contribution in [3.05, 3.63) is 64.2 Å². The number of rotatable bonds is 8. The fourth-order valence-corrected chi connectivity index (χ4v) is 2.50. The second-order valence-electron chi connectivity index (χ2n) is 5.96. The SMILES string of the molecule is Cc1cc(O[C@H](C)C(=O)NCCOCc2ccccc2)cc(C)c1Cl. The van der Waals surface area contributed by atoms with Gasteiger partial charge in [-0.25, -0.2) is 0 Å². The predicted molar refractivity (Wildman–Crippen MR) is 100 cm³/mol. The van der Waals surface area contributed by atoms with E-state index in [4.69, 9.17) is 21.1 Å². The average Bonchev–Trinajstić information content (AvgIpc) is 2.60. The van der Waals surface area contributed by atoms with E-state index in [-0.39, 0.29) is 5.91 Å². The smallest absolute Gasteiger partial charge is 0.260 e. The van der Waals surface area contributed by atoms with Gasteiger partial charge in [0.2, 0.25) is 0 Å². The zero-order valence-electron chi connectivity index (χ0n) is 14.8. The van der Waals surface area contributed by atoms with Gasteiger partial charge in [-0.2, -0.15) is 0 Å². The molecule has 0 spiro atoms. The van der Waals surface area contributed by atoms with Gasteiger partial charge in [-0.1, -0.05) is 41.9 Å². The van der Waals surface area contributed by atoms with Gasteiger partial charge in [0, 0.05) is 11.6 Å². The van der Waals surface area contributed by atoms with Crippen LogP contribution in [0.5, 0.6) is 5.75 Å². The Kier molecular flexibility index (Phi) is 7.29. The van der Waals surface area contributed by atoms with Gasteiger partial charge >= 0.3 is 0 Å². The van der Waals surface area contributed by atoms with Gasteiger partial charge in [-0.3, -0.25) is 4.79 Å². The Balaban J connectivity index is 1.71. The lowest BCUT2D eigenvalue weighted by molar-refractivity contribution is -0.127. The van der Waals surface area contributed by atoms with E-state index in [0.29, 0.717) is 25.5 Å². The molecule has 1 atom stereocenters. The highest BCUT2D eigenvalue weighted by Crippen LogP contribution is 2.26. The van der Waals surface area contributed by atoms with Crippen molar-refractivity contribution in [1.82, 2.24) is 5.32 Å². The lowest BCUT2D eigenvalue weighted by Crippen LogP contribution is -2.38. The average molecular weight is 362 g/mol. The van der Waals surface area contributed by atoms with Crippen molar-refractivity contribution >= 4 is 17.5 Å². The summed E-state index contributed by atoms with van der Waals surface area (Å²) in [7, 11) is 0. The Morgan fingerprint density at radius 1 is 1.16 bits per heavy atom. The number of aryl methyl sites for hydroxylation is 2. The Morgan fingerprint density at radius 2 is 1.80 bits per heavy atom. The molecule has 5 heteroatoms. The van der Waals surface area contributed by atoms with Crippen LogP contribution < -0.4 is 10.1 Å². The minimum atomic E-state index is -0.589. The molecule has 1 amide bonds. The van der Waals surface area contributed by atoms with E-state index >= 15 is 0 Å². The number of carbonyl (C=O) groups excluding carboxylic acids is 1. The lowest BCUT2D eigenvalue weighted by Gasteiger charge is -2.16. The van der Waals surface area contributed by atoms with Gasteiger partial charge in [-0.15, -0.1) is 0 Å². The summed E-state index contributed by atoms with van der Waals surface area (Å²) in [6.45, 7) is 6.98. The molecule has 0 aromatic heterocycles. The quantitative estimate of drug-likeness (QED) is 0.721. The van der Waals surface area contributed by atoms with Crippen LogP contribution in [0.15, 0.2) is 42.5 Å². The fourth-order valence-electron chi connectivity index (χ4n) is 2.39. The molecule has 0 aliphatic carbocycles. The summed E-state index contributed by atoms with van der Waals surface area (Å²) in [6, 6.07) is 13.6. The number of hydrogen-bond acceptors (Lipinski definition) is 3. The summed E-state index contributed by atoms with van der Waals surface area (Å²) in [5.41, 5.74) is 2.97. The summed E-state index contributed by atoms with van der Waals surface area (Å²) in [5, 5.41) is 3.54. The Hall–Kier alpha value is -2.04. The third kappa shape index (κ3) is 6.07. The number of ether oxygens (including phenoxy) is 2. The van der Waals surface area contributed by atoms with Gasteiger partial charge in [0.25, 0.3) is 5.91 Å². The van der Waals surface area contributed by atoms with Gasteiger partial charge in [-0.05, 0) is 49.6 Å². The lowest BCUT2D eigenvalue weighted by atomic mass is 10.1. The number of amides is 1. The van der Waals surface area contributed by atoms with E-state index in [0.717, 1.165) is 21.7 Å². The third-order valence-electron chi connectivity index (χ3n) is 3.75. The zero-order chi connectivity index (χ0) is 18.2. The zero-order valence-corrected chi connectivity index (χ0v) is 15.6. The molecule has 134 valence electrons. The molecule has 2 aromatic rings. The van der Waals surface area contributed by atoms with Crippen LogP contribution in [0, 0.1) is 13.8 Å². The maximum atomic E-state index is 12.1. The van der Waals surface area contributed by atoms with Crippen molar-refractivity contribution in [2.24, 2.45) is 0 Å². The first-order valence-corrected chi connectivity index (χ1v) is 8.68. The van der Waals surface area contributed by atoms with Crippen LogP contribution in [-0.2, 0) is 16.1 Å². The molecule has 2 rings (SSSR count). The maximum Gasteiger partial charge on any atom is 0.260 e. The Bertz CT molecular complexity index is 680. The van der Waals surface area contributed by atoms with Crippen LogP contribution >= 0.6 is 11.6 Å². The molecule has 0 saturated carbocycles. The molecule has 0 radical (unpaired) electrons. The highest BCUT2D eigenvalue weighted by molar-refractivity contribution is 6.32. The van der Waals surface area contributed by atoms with Crippen molar-refractivity contribution < 1.29 is 14.3 Å². The molecule has 4 nitrogen and oxygen atoms in total. The number of benzene rings is 2. The summed E-state index contributed by atoms with van der Waals surface area (Å²) in [4.78, 5) is 12.1. The summed E-state index contributed by atoms with van der Waals surface area (Å²) >= 11 is 6.14. The molecule has 1 N–H and O–H groups in total. The van der Waals surface area contributed by atoms with E-state index in [9.17, 15) is 4.79 Å². The third-order valence-corrected chi connectivity index (χ3v) is 4.35. The number of carbonyl (C=O) groups is 1. The molecule has 2 aromatic carbocycles. The minimum Gasteiger partial charge on any atom is -0.481 e. The topological polar surface area (TPSA) is 47.6 Å². The molecule has 0 bridgehead atoms. The van der Waals surface area contributed by atoms with Crippen molar-refractivity contribution in [2.75, 3.05) is 13.2 Å². The molecular formula is C20H24ClNO3. The fraction of sp³-hybridized carbons (Fsp3) is 0.350. The number of nitrogens with one attached hydrogen (secondary N) is 1. The van der Waals surface area contributed by atoms with Crippen molar-refractivity contribution in [3.63, 3.8) is 0 Å². The van der Waals surface area contributed by atoms with Crippen LogP contribution in [0.2, 0.25) is 5.02 Å². The Labute approximate surface area is 154 Å². The van der Waals surface area contributed by atoms with Crippen LogP contribution in [0.4, 0.5) is 0 Å². The minimum absolute atomic E-state index is 0.173. The first-order chi connectivity index (χ1) is 12.0. The van der Waals surface area contributed by atoms with Crippen LogP contribution in [-0.4, -0.2) is 25.2 Å². The van der Waals surface area contributed by atoms with Crippen molar-refractivity contribution in [3.8, 4) is 5.75 Å². The molecule has 25 heavy (non-hydrogen) atoms. The van der Waals surface area contributed by atoms with E-state index in [2.05, 4.69) is 5.32 Å². The molecule has 0 fully saturated rings. The number of hydrogen-bond donors (Lipinski definition) is 1. The normalized spacial score (nSPS) is 11.8. The van der Waals surface area contributed by atoms with Gasteiger partial charge in [0.05, 0.1) is 13.2 Å². The van der Waals surface area contributed by atoms with E-state index in [1.165, 1.54) is 0 Å². The highest BCUT2D eigenvalue weighted by atomic mass is 35.5. The van der Waals surface area contributed by atoms with E-state index < -0.39 is 6.10 Å². The standard InChI is InChI=1S/C20H24ClNO3/c1-14-11-18(12-15(2)19(14)21)25-16(3)20(23)22-9-10-24-13-17-7-5-4-6-8-17/h4-8,11-12,16H,9-10,13H2,1-3H3,(H,22,23)/t16-/m1/s1. The molecule has 0 unspecified atom stereocenters. The predicted octanol–water partition coefficient (Wildman–Crippen LogP) is 4.06. The van der Waals surface area contributed by atoms with Crippen LogP contribution in [0.3, 0.4) is 0 Å². The summed E-state index contributed by atoms with van der Waals surface area (Å²) in [6.07, 6.45) is -0.589. The first-order valence-electron chi connectivity index (χ1n) is 8.30. The summed E-state index contributed by atoms with van der Waals surface area (Å²) < 4.78 is 11.3. The van der Waals surface area contributed by atoms with E-state index in [1.807, 2.05) is 56.3 Å². The Morgan fingerprint density at radius 3 is 2.44 bits per heavy atom. The highest BCUT2D eigenvalue weighted by Gasteiger charge is 2.15. The molecule has 0 heterocycles. The second-order valence-corrected chi connectivity index (χ2v) is 6.34. The van der Waals surface area contributed by atoms with Crippen molar-refractivity contribution in [1.29, 1.82) is 0 Å². The van der Waals surface area contributed by atoms with Crippen LogP contribution in [0.25, 0.3) is 0 Å². The maximum absolute atomic E-state index is 12.1. The monoisotopic (exact) mass is 361 g/mol. The van der Waals surface area contributed by atoms with Crippen molar-refractivity contribution in [2.45, 2.75) is 33.5 Å². The first kappa shape index (κ1) is 19.3. The second kappa shape index (κ2) is 9.44. The van der Waals surface area contributed by atoms with Gasteiger partial charge in [0.1, 0.15) is 5.75 Å². The molecule has 0 saturated heterocycles. The van der Waals surface area contributed by atoms with Gasteiger partial charge in [0.15, 0.2) is 6.10 Å². The largest absolute Gasteiger partial charge is 0.481 e. The molecule has 0 aliphatic heterocycles. The molecule has 0 aliphatic rings. The van der Waals surface area contributed by atoms with Crippen LogP contribution in [0.1, 0.15) is 23.6 Å². The molecular weight excluding hydrogens is 338 g/mol. The van der Waals surface area contributed by atoms with Gasteiger partial charge < -0.3 is 14.8 Å². The summed E-state index contributed by atoms with van der Waals surface area (Å²) in [5.74, 6) is 0.468.